The van der Waals surface area contributed by atoms with E-state index >= 15 is 0 Å². The SMILES string of the molecule is Cl.Nc1ccc(C(=O)NC2CCCc3ccccc32)nc1. The van der Waals surface area contributed by atoms with Crippen molar-refractivity contribution in [2.75, 3.05) is 5.73 Å². The Labute approximate surface area is 130 Å². The smallest absolute Gasteiger partial charge is 0.270 e. The largest absolute Gasteiger partial charge is 0.397 e. The minimum Gasteiger partial charge on any atom is -0.397 e. The van der Waals surface area contributed by atoms with Crippen LogP contribution in [0.4, 0.5) is 5.69 Å². The molecule has 0 saturated carbocycles. The van der Waals surface area contributed by atoms with Crippen molar-refractivity contribution >= 4 is 24.0 Å². The summed E-state index contributed by atoms with van der Waals surface area (Å²) >= 11 is 0. The van der Waals surface area contributed by atoms with Gasteiger partial charge < -0.3 is 11.1 Å². The molecule has 3 rings (SSSR count). The molecule has 1 atom stereocenters. The second-order valence-electron chi connectivity index (χ2n) is 5.09. The van der Waals surface area contributed by atoms with Gasteiger partial charge in [0.1, 0.15) is 5.69 Å². The predicted octanol–water partition coefficient (Wildman–Crippen LogP) is 2.89. The minimum atomic E-state index is -0.147. The Balaban J connectivity index is 0.00000161. The standard InChI is InChI=1S/C16H17N3O.ClH/c17-12-8-9-15(18-10-12)16(20)19-14-7-3-5-11-4-1-2-6-13(11)14;/h1-2,4,6,8-10,14H,3,5,7,17H2,(H,19,20);1H. The lowest BCUT2D eigenvalue weighted by Crippen LogP contribution is -2.31. The van der Waals surface area contributed by atoms with Crippen molar-refractivity contribution in [3.8, 4) is 0 Å². The Bertz CT molecular complexity index is 628. The molecule has 5 heteroatoms. The molecule has 1 unspecified atom stereocenters. The van der Waals surface area contributed by atoms with Gasteiger partial charge in [0.25, 0.3) is 5.91 Å². The van der Waals surface area contributed by atoms with Crippen LogP contribution in [-0.4, -0.2) is 10.9 Å². The molecule has 0 bridgehead atoms. The number of nitrogen functional groups attached to an aromatic ring is 1. The van der Waals surface area contributed by atoms with Gasteiger partial charge in [-0.05, 0) is 42.5 Å². The van der Waals surface area contributed by atoms with Crippen LogP contribution < -0.4 is 11.1 Å². The summed E-state index contributed by atoms with van der Waals surface area (Å²) < 4.78 is 0. The van der Waals surface area contributed by atoms with E-state index < -0.39 is 0 Å². The molecule has 0 spiro atoms. The Hall–Kier alpha value is -2.07. The summed E-state index contributed by atoms with van der Waals surface area (Å²) in [6.07, 6.45) is 4.65. The highest BCUT2D eigenvalue weighted by Crippen LogP contribution is 2.29. The second-order valence-corrected chi connectivity index (χ2v) is 5.09. The average Bonchev–Trinajstić information content (AvgIpc) is 2.48. The zero-order chi connectivity index (χ0) is 13.9. The van der Waals surface area contributed by atoms with Crippen LogP contribution >= 0.6 is 12.4 Å². The monoisotopic (exact) mass is 303 g/mol. The molecule has 1 amide bonds. The van der Waals surface area contributed by atoms with Crippen molar-refractivity contribution in [2.24, 2.45) is 0 Å². The Morgan fingerprint density at radius 2 is 2.05 bits per heavy atom. The summed E-state index contributed by atoms with van der Waals surface area (Å²) in [4.78, 5) is 16.3. The van der Waals surface area contributed by atoms with Crippen LogP contribution in [0.5, 0.6) is 0 Å². The average molecular weight is 304 g/mol. The quantitative estimate of drug-likeness (QED) is 0.896. The third kappa shape index (κ3) is 3.34. The second kappa shape index (κ2) is 6.59. The van der Waals surface area contributed by atoms with E-state index in [4.69, 9.17) is 5.73 Å². The molecule has 0 radical (unpaired) electrons. The van der Waals surface area contributed by atoms with Crippen molar-refractivity contribution in [3.63, 3.8) is 0 Å². The van der Waals surface area contributed by atoms with E-state index in [0.29, 0.717) is 11.4 Å². The Morgan fingerprint density at radius 3 is 2.81 bits per heavy atom. The van der Waals surface area contributed by atoms with Gasteiger partial charge >= 0.3 is 0 Å². The third-order valence-electron chi connectivity index (χ3n) is 3.69. The van der Waals surface area contributed by atoms with E-state index in [9.17, 15) is 4.79 Å². The van der Waals surface area contributed by atoms with Crippen LogP contribution in [0.2, 0.25) is 0 Å². The predicted molar refractivity (Wildman–Crippen MR) is 85.5 cm³/mol. The Kier molecular flexibility index (Phi) is 4.81. The lowest BCUT2D eigenvalue weighted by atomic mass is 9.87. The van der Waals surface area contributed by atoms with Gasteiger partial charge in [-0.15, -0.1) is 12.4 Å². The Morgan fingerprint density at radius 1 is 1.24 bits per heavy atom. The van der Waals surface area contributed by atoms with Crippen LogP contribution in [0.1, 0.15) is 40.5 Å². The summed E-state index contributed by atoms with van der Waals surface area (Å²) in [7, 11) is 0. The number of pyridine rings is 1. The molecule has 1 aromatic carbocycles. The normalized spacial score (nSPS) is 16.5. The fourth-order valence-electron chi connectivity index (χ4n) is 2.68. The third-order valence-corrected chi connectivity index (χ3v) is 3.69. The molecular formula is C16H18ClN3O. The van der Waals surface area contributed by atoms with E-state index in [1.807, 2.05) is 12.1 Å². The molecule has 0 aliphatic heterocycles. The van der Waals surface area contributed by atoms with Crippen LogP contribution in [0.3, 0.4) is 0 Å². The number of aryl methyl sites for hydroxylation is 1. The number of nitrogens with one attached hydrogen (secondary N) is 1. The summed E-state index contributed by atoms with van der Waals surface area (Å²) in [6, 6.07) is 11.7. The van der Waals surface area contributed by atoms with E-state index in [1.165, 1.54) is 17.3 Å². The van der Waals surface area contributed by atoms with Crippen LogP contribution in [0.15, 0.2) is 42.6 Å². The van der Waals surface area contributed by atoms with E-state index in [-0.39, 0.29) is 24.4 Å². The zero-order valence-electron chi connectivity index (χ0n) is 11.6. The highest BCUT2D eigenvalue weighted by molar-refractivity contribution is 5.92. The summed E-state index contributed by atoms with van der Waals surface area (Å²) in [5.74, 6) is -0.147. The fourth-order valence-corrected chi connectivity index (χ4v) is 2.68. The molecule has 21 heavy (non-hydrogen) atoms. The van der Waals surface area contributed by atoms with Crippen molar-refractivity contribution in [1.29, 1.82) is 0 Å². The molecule has 4 nitrogen and oxygen atoms in total. The summed E-state index contributed by atoms with van der Waals surface area (Å²) in [5, 5.41) is 3.07. The molecule has 2 aromatic rings. The van der Waals surface area contributed by atoms with Gasteiger partial charge in [-0.2, -0.15) is 0 Å². The number of amides is 1. The highest BCUT2D eigenvalue weighted by atomic mass is 35.5. The topological polar surface area (TPSA) is 68.0 Å². The number of hydrogen-bond acceptors (Lipinski definition) is 3. The lowest BCUT2D eigenvalue weighted by molar-refractivity contribution is 0.0928. The molecule has 1 aliphatic rings. The number of nitrogens with zero attached hydrogens (tertiary/aromatic N) is 1. The number of fused-ring (bicyclic) bond motifs is 1. The van der Waals surface area contributed by atoms with Gasteiger partial charge in [0.15, 0.2) is 0 Å². The number of nitrogens with two attached hydrogens (primary N) is 1. The number of halogens is 1. The van der Waals surface area contributed by atoms with Gasteiger partial charge in [-0.25, -0.2) is 4.98 Å². The first-order valence-electron chi connectivity index (χ1n) is 6.84. The molecule has 3 N–H and O–H groups in total. The van der Waals surface area contributed by atoms with E-state index in [2.05, 4.69) is 22.4 Å². The van der Waals surface area contributed by atoms with Gasteiger partial charge in [-0.3, -0.25) is 4.79 Å². The van der Waals surface area contributed by atoms with Gasteiger partial charge in [0.05, 0.1) is 17.9 Å². The van der Waals surface area contributed by atoms with Crippen LogP contribution in [0.25, 0.3) is 0 Å². The first-order valence-corrected chi connectivity index (χ1v) is 6.84. The van der Waals surface area contributed by atoms with E-state index in [0.717, 1.165) is 19.3 Å². The fraction of sp³-hybridized carbons (Fsp3) is 0.250. The molecule has 1 aromatic heterocycles. The van der Waals surface area contributed by atoms with Gasteiger partial charge in [0, 0.05) is 0 Å². The van der Waals surface area contributed by atoms with E-state index in [1.54, 1.807) is 12.1 Å². The van der Waals surface area contributed by atoms with Crippen LogP contribution in [-0.2, 0) is 6.42 Å². The van der Waals surface area contributed by atoms with Crippen LogP contribution in [0, 0.1) is 0 Å². The maximum Gasteiger partial charge on any atom is 0.270 e. The number of benzene rings is 1. The molecule has 0 fully saturated rings. The van der Waals surface area contributed by atoms with Gasteiger partial charge in [-0.1, -0.05) is 24.3 Å². The van der Waals surface area contributed by atoms with Crippen molar-refractivity contribution < 1.29 is 4.79 Å². The first kappa shape index (κ1) is 15.3. The van der Waals surface area contributed by atoms with Gasteiger partial charge in [0.2, 0.25) is 0 Å². The van der Waals surface area contributed by atoms with Crippen molar-refractivity contribution in [2.45, 2.75) is 25.3 Å². The maximum absolute atomic E-state index is 12.2. The lowest BCUT2D eigenvalue weighted by Gasteiger charge is -2.26. The molecule has 0 saturated heterocycles. The zero-order valence-corrected chi connectivity index (χ0v) is 12.4. The number of aromatic nitrogens is 1. The van der Waals surface area contributed by atoms with Crippen molar-refractivity contribution in [1.82, 2.24) is 10.3 Å². The molecular weight excluding hydrogens is 286 g/mol. The molecule has 1 heterocycles. The molecule has 1 aliphatic carbocycles. The number of carbonyl (C=O) groups is 1. The number of anilines is 1. The van der Waals surface area contributed by atoms with Crippen molar-refractivity contribution in [3.05, 3.63) is 59.4 Å². The summed E-state index contributed by atoms with van der Waals surface area (Å²) in [6.45, 7) is 0. The summed E-state index contributed by atoms with van der Waals surface area (Å²) in [5.41, 5.74) is 9.10. The number of hydrogen-bond donors (Lipinski definition) is 2. The minimum absolute atomic E-state index is 0. The maximum atomic E-state index is 12.2. The number of carbonyl (C=O) groups excluding carboxylic acids is 1. The first-order chi connectivity index (χ1) is 9.74. The number of rotatable bonds is 2. The molecule has 110 valence electrons. The highest BCUT2D eigenvalue weighted by Gasteiger charge is 2.22.